The molecule has 0 radical (unpaired) electrons. The summed E-state index contributed by atoms with van der Waals surface area (Å²) in [6.45, 7) is 8.54. The van der Waals surface area contributed by atoms with Gasteiger partial charge < -0.3 is 19.3 Å². The molecule has 1 spiro atoms. The lowest BCUT2D eigenvalue weighted by molar-refractivity contribution is -0.0453. The molecule has 2 heterocycles. The van der Waals surface area contributed by atoms with Crippen LogP contribution in [0.5, 0.6) is 0 Å². The summed E-state index contributed by atoms with van der Waals surface area (Å²) < 4.78 is 10.1. The first-order valence-electron chi connectivity index (χ1n) is 8.57. The van der Waals surface area contributed by atoms with Crippen LogP contribution in [0.25, 0.3) is 0 Å². The molecular formula is C19H24N2O5. The average Bonchev–Trinajstić information content (AvgIpc) is 2.49. The van der Waals surface area contributed by atoms with Crippen molar-refractivity contribution in [3.05, 3.63) is 29.3 Å². The topological polar surface area (TPSA) is 76.2 Å². The maximum Gasteiger partial charge on any atom is 0.410 e. The van der Waals surface area contributed by atoms with Crippen LogP contribution in [0.15, 0.2) is 18.2 Å². The second kappa shape index (κ2) is 6.30. The van der Waals surface area contributed by atoms with Crippen molar-refractivity contribution in [2.45, 2.75) is 26.4 Å². The summed E-state index contributed by atoms with van der Waals surface area (Å²) in [4.78, 5) is 38.8. The predicted molar refractivity (Wildman–Crippen MR) is 95.6 cm³/mol. The van der Waals surface area contributed by atoms with E-state index in [9.17, 15) is 14.4 Å². The SMILES string of the molecule is COC(=O)c1ccc(N2CC3(CN(C(=O)OC(C)(C)C)C3)C2)cc1C=O. The quantitative estimate of drug-likeness (QED) is 0.608. The fourth-order valence-electron chi connectivity index (χ4n) is 3.51. The molecule has 1 amide bonds. The highest BCUT2D eigenvalue weighted by molar-refractivity contribution is 5.99. The smallest absolute Gasteiger partial charge is 0.410 e. The number of amides is 1. The summed E-state index contributed by atoms with van der Waals surface area (Å²) in [7, 11) is 1.29. The fourth-order valence-corrected chi connectivity index (χ4v) is 3.51. The van der Waals surface area contributed by atoms with E-state index in [0.717, 1.165) is 18.8 Å². The molecule has 0 saturated carbocycles. The maximum absolute atomic E-state index is 12.0. The standard InChI is InChI=1S/C19H24N2O5/c1-18(2,3)26-17(24)21-11-19(12-21)9-20(10-19)14-5-6-15(16(23)25-4)13(7-14)8-22/h5-8H,9-12H2,1-4H3. The second-order valence-electron chi connectivity index (χ2n) is 8.07. The number of ether oxygens (including phenoxy) is 2. The van der Waals surface area contributed by atoms with Crippen LogP contribution in [0.2, 0.25) is 0 Å². The number of rotatable bonds is 3. The highest BCUT2D eigenvalue weighted by Crippen LogP contribution is 2.42. The predicted octanol–water partition coefficient (Wildman–Crippen LogP) is 2.34. The number of hydrogen-bond acceptors (Lipinski definition) is 6. The van der Waals surface area contributed by atoms with E-state index in [2.05, 4.69) is 9.64 Å². The lowest BCUT2D eigenvalue weighted by Crippen LogP contribution is -2.73. The average molecular weight is 360 g/mol. The monoisotopic (exact) mass is 360 g/mol. The Morgan fingerprint density at radius 3 is 2.35 bits per heavy atom. The molecule has 1 aromatic carbocycles. The van der Waals surface area contributed by atoms with Crippen LogP contribution < -0.4 is 4.90 Å². The number of nitrogens with zero attached hydrogens (tertiary/aromatic N) is 2. The first-order chi connectivity index (χ1) is 12.2. The van der Waals surface area contributed by atoms with Crippen LogP contribution in [0.4, 0.5) is 10.5 Å². The molecule has 3 rings (SSSR count). The summed E-state index contributed by atoms with van der Waals surface area (Å²) in [5, 5.41) is 0. The summed E-state index contributed by atoms with van der Waals surface area (Å²) in [5.41, 5.74) is 1.08. The molecule has 26 heavy (non-hydrogen) atoms. The Hall–Kier alpha value is -2.57. The van der Waals surface area contributed by atoms with Gasteiger partial charge in [-0.25, -0.2) is 9.59 Å². The highest BCUT2D eigenvalue weighted by Gasteiger charge is 2.54. The van der Waals surface area contributed by atoms with Gasteiger partial charge in [0, 0.05) is 42.8 Å². The fraction of sp³-hybridized carbons (Fsp3) is 0.526. The lowest BCUT2D eigenvalue weighted by Gasteiger charge is -2.60. The Morgan fingerprint density at radius 2 is 1.81 bits per heavy atom. The van der Waals surface area contributed by atoms with Gasteiger partial charge in [0.1, 0.15) is 5.60 Å². The molecular weight excluding hydrogens is 336 g/mol. The van der Waals surface area contributed by atoms with Gasteiger partial charge in [-0.1, -0.05) is 0 Å². The van der Waals surface area contributed by atoms with Crippen molar-refractivity contribution in [3.63, 3.8) is 0 Å². The van der Waals surface area contributed by atoms with Crippen LogP contribution in [0, 0.1) is 5.41 Å². The normalized spacial score (nSPS) is 18.0. The molecule has 0 bridgehead atoms. The van der Waals surface area contributed by atoms with Gasteiger partial charge in [-0.2, -0.15) is 0 Å². The molecule has 0 N–H and O–H groups in total. The number of esters is 1. The number of aldehydes is 1. The van der Waals surface area contributed by atoms with Crippen molar-refractivity contribution in [2.75, 3.05) is 38.2 Å². The number of carbonyl (C=O) groups is 3. The van der Waals surface area contributed by atoms with E-state index in [1.165, 1.54) is 7.11 Å². The first-order valence-corrected chi connectivity index (χ1v) is 8.57. The van der Waals surface area contributed by atoms with Crippen molar-refractivity contribution < 1.29 is 23.9 Å². The van der Waals surface area contributed by atoms with Gasteiger partial charge in [-0.3, -0.25) is 4.79 Å². The minimum absolute atomic E-state index is 0.0965. The number of carbonyl (C=O) groups excluding carboxylic acids is 3. The van der Waals surface area contributed by atoms with Crippen LogP contribution in [-0.4, -0.2) is 62.1 Å². The van der Waals surface area contributed by atoms with Gasteiger partial charge in [-0.05, 0) is 39.0 Å². The van der Waals surface area contributed by atoms with E-state index in [0.29, 0.717) is 24.9 Å². The van der Waals surface area contributed by atoms with Gasteiger partial charge in [0.2, 0.25) is 0 Å². The van der Waals surface area contributed by atoms with Crippen LogP contribution >= 0.6 is 0 Å². The molecule has 7 nitrogen and oxygen atoms in total. The molecule has 0 aromatic heterocycles. The van der Waals surface area contributed by atoms with Gasteiger partial charge in [0.25, 0.3) is 0 Å². The maximum atomic E-state index is 12.0. The Bertz CT molecular complexity index is 739. The lowest BCUT2D eigenvalue weighted by atomic mass is 9.72. The summed E-state index contributed by atoms with van der Waals surface area (Å²) in [6.07, 6.45) is 0.395. The Balaban J connectivity index is 1.59. The van der Waals surface area contributed by atoms with E-state index in [1.807, 2.05) is 26.8 Å². The molecule has 0 atom stereocenters. The molecule has 1 aromatic rings. The Morgan fingerprint density at radius 1 is 1.15 bits per heavy atom. The molecule has 2 fully saturated rings. The van der Waals surface area contributed by atoms with E-state index in [-0.39, 0.29) is 17.1 Å². The molecule has 2 aliphatic rings. The molecule has 2 aliphatic heterocycles. The van der Waals surface area contributed by atoms with Crippen molar-refractivity contribution in [3.8, 4) is 0 Å². The summed E-state index contributed by atoms with van der Waals surface area (Å²) in [6, 6.07) is 5.14. The summed E-state index contributed by atoms with van der Waals surface area (Å²) in [5.74, 6) is -0.522. The third-order valence-corrected chi connectivity index (χ3v) is 4.69. The first kappa shape index (κ1) is 18.2. The van der Waals surface area contributed by atoms with Crippen molar-refractivity contribution >= 4 is 24.0 Å². The Labute approximate surface area is 152 Å². The third-order valence-electron chi connectivity index (χ3n) is 4.69. The van der Waals surface area contributed by atoms with Gasteiger partial charge in [-0.15, -0.1) is 0 Å². The van der Waals surface area contributed by atoms with Gasteiger partial charge in [0.15, 0.2) is 6.29 Å². The number of benzene rings is 1. The number of likely N-dealkylation sites (tertiary alicyclic amines) is 1. The van der Waals surface area contributed by atoms with E-state index < -0.39 is 11.6 Å². The van der Waals surface area contributed by atoms with Gasteiger partial charge >= 0.3 is 12.1 Å². The second-order valence-corrected chi connectivity index (χ2v) is 8.07. The van der Waals surface area contributed by atoms with Gasteiger partial charge in [0.05, 0.1) is 12.7 Å². The number of methoxy groups -OCH3 is 1. The minimum atomic E-state index is -0.522. The minimum Gasteiger partial charge on any atom is -0.465 e. The zero-order chi connectivity index (χ0) is 19.1. The molecule has 140 valence electrons. The Kier molecular flexibility index (Phi) is 4.42. The van der Waals surface area contributed by atoms with Crippen LogP contribution in [0.3, 0.4) is 0 Å². The van der Waals surface area contributed by atoms with Crippen molar-refractivity contribution in [1.82, 2.24) is 4.90 Å². The number of anilines is 1. The molecule has 0 aliphatic carbocycles. The van der Waals surface area contributed by atoms with E-state index in [1.54, 1.807) is 17.0 Å². The van der Waals surface area contributed by atoms with Crippen molar-refractivity contribution in [2.24, 2.45) is 5.41 Å². The third kappa shape index (κ3) is 3.38. The van der Waals surface area contributed by atoms with E-state index >= 15 is 0 Å². The highest BCUT2D eigenvalue weighted by atomic mass is 16.6. The van der Waals surface area contributed by atoms with Crippen LogP contribution in [0.1, 0.15) is 41.5 Å². The zero-order valence-corrected chi connectivity index (χ0v) is 15.6. The molecule has 7 heteroatoms. The molecule has 0 unspecified atom stereocenters. The van der Waals surface area contributed by atoms with Crippen LogP contribution in [-0.2, 0) is 9.47 Å². The van der Waals surface area contributed by atoms with Crippen molar-refractivity contribution in [1.29, 1.82) is 0 Å². The van der Waals surface area contributed by atoms with E-state index in [4.69, 9.17) is 4.74 Å². The molecule has 2 saturated heterocycles. The summed E-state index contributed by atoms with van der Waals surface area (Å²) >= 11 is 0. The largest absolute Gasteiger partial charge is 0.465 e. The number of hydrogen-bond donors (Lipinski definition) is 0. The zero-order valence-electron chi connectivity index (χ0n) is 15.6.